The molecule has 0 bridgehead atoms. The number of anilines is 1. The molecule has 7 heteroatoms. The monoisotopic (exact) mass is 421 g/mol. The van der Waals surface area contributed by atoms with Gasteiger partial charge in [-0.1, -0.05) is 53.5 Å². The molecule has 5 nitrogen and oxygen atoms in total. The zero-order chi connectivity index (χ0) is 20.8. The second-order valence-corrected chi connectivity index (χ2v) is 7.74. The summed E-state index contributed by atoms with van der Waals surface area (Å²) in [6, 6.07) is 11.2. The highest BCUT2D eigenvalue weighted by Gasteiger charge is 2.17. The average molecular weight is 422 g/mol. The summed E-state index contributed by atoms with van der Waals surface area (Å²) in [6.45, 7) is 4.50. The minimum absolute atomic E-state index is 0.0155. The molecule has 0 fully saturated rings. The maximum absolute atomic E-state index is 12.5. The fourth-order valence-corrected chi connectivity index (χ4v) is 3.24. The lowest BCUT2D eigenvalue weighted by Crippen LogP contribution is -2.40. The molecule has 2 amide bonds. The Hall–Kier alpha value is -2.08. The van der Waals surface area contributed by atoms with Crippen LogP contribution >= 0.6 is 23.2 Å². The Morgan fingerprint density at radius 3 is 2.21 bits per heavy atom. The number of nitrogens with one attached hydrogen (secondary N) is 1. The van der Waals surface area contributed by atoms with Crippen molar-refractivity contribution in [2.24, 2.45) is 0 Å². The number of rotatable bonds is 7. The molecule has 0 saturated heterocycles. The molecule has 0 aliphatic heterocycles. The molecule has 0 spiro atoms. The first-order valence-corrected chi connectivity index (χ1v) is 9.66. The van der Waals surface area contributed by atoms with Crippen molar-refractivity contribution < 1.29 is 9.59 Å². The lowest BCUT2D eigenvalue weighted by atomic mass is 10.1. The van der Waals surface area contributed by atoms with E-state index >= 15 is 0 Å². The van der Waals surface area contributed by atoms with E-state index in [2.05, 4.69) is 5.32 Å². The minimum Gasteiger partial charge on any atom is -0.335 e. The number of nitrogens with zero attached hydrogens (tertiary/aromatic N) is 2. The number of carbonyl (C=O) groups excluding carboxylic acids is 2. The van der Waals surface area contributed by atoms with Gasteiger partial charge in [-0.15, -0.1) is 0 Å². The van der Waals surface area contributed by atoms with Crippen molar-refractivity contribution in [3.8, 4) is 0 Å². The van der Waals surface area contributed by atoms with Crippen molar-refractivity contribution in [3.63, 3.8) is 0 Å². The van der Waals surface area contributed by atoms with Crippen molar-refractivity contribution in [2.75, 3.05) is 32.5 Å². The van der Waals surface area contributed by atoms with Gasteiger partial charge in [-0.25, -0.2) is 0 Å². The SMILES string of the molecule is Cc1cccc(C)c1NC(=O)CN(C)C(=O)CN(C)Cc1cccc(Cl)c1Cl. The summed E-state index contributed by atoms with van der Waals surface area (Å²) in [5, 5.41) is 3.87. The second-order valence-electron chi connectivity index (χ2n) is 6.95. The average Bonchev–Trinajstić information content (AvgIpc) is 2.62. The number of carbonyl (C=O) groups is 2. The van der Waals surface area contributed by atoms with Gasteiger partial charge >= 0.3 is 0 Å². The fourth-order valence-electron chi connectivity index (χ4n) is 2.86. The van der Waals surface area contributed by atoms with Crippen LogP contribution in [-0.4, -0.2) is 48.8 Å². The summed E-state index contributed by atoms with van der Waals surface area (Å²) in [7, 11) is 3.44. The summed E-state index contributed by atoms with van der Waals surface area (Å²) in [5.74, 6) is -0.383. The summed E-state index contributed by atoms with van der Waals surface area (Å²) in [4.78, 5) is 28.1. The number of likely N-dealkylation sites (N-methyl/N-ethyl adjacent to an activating group) is 2. The Bertz CT molecular complexity index is 850. The van der Waals surface area contributed by atoms with E-state index < -0.39 is 0 Å². The van der Waals surface area contributed by atoms with Crippen LogP contribution in [0.4, 0.5) is 5.69 Å². The van der Waals surface area contributed by atoms with Gasteiger partial charge in [0.05, 0.1) is 23.1 Å². The first kappa shape index (κ1) is 22.2. The van der Waals surface area contributed by atoms with Gasteiger partial charge in [-0.05, 0) is 43.7 Å². The first-order valence-electron chi connectivity index (χ1n) is 8.90. The Labute approximate surface area is 176 Å². The molecular formula is C21H25Cl2N3O2. The zero-order valence-electron chi connectivity index (χ0n) is 16.6. The Morgan fingerprint density at radius 2 is 1.57 bits per heavy atom. The molecule has 0 radical (unpaired) electrons. The van der Waals surface area contributed by atoms with Crippen LogP contribution in [0.5, 0.6) is 0 Å². The molecule has 0 atom stereocenters. The van der Waals surface area contributed by atoms with Gasteiger partial charge in [-0.2, -0.15) is 0 Å². The molecule has 2 aromatic rings. The third-order valence-corrected chi connectivity index (χ3v) is 5.29. The van der Waals surface area contributed by atoms with Crippen molar-refractivity contribution in [1.82, 2.24) is 9.80 Å². The second kappa shape index (κ2) is 9.92. The molecule has 0 aliphatic rings. The van der Waals surface area contributed by atoms with Crippen molar-refractivity contribution in [1.29, 1.82) is 0 Å². The van der Waals surface area contributed by atoms with E-state index in [0.717, 1.165) is 22.4 Å². The van der Waals surface area contributed by atoms with Crippen LogP contribution in [-0.2, 0) is 16.1 Å². The van der Waals surface area contributed by atoms with Crippen molar-refractivity contribution >= 4 is 40.7 Å². The van der Waals surface area contributed by atoms with Crippen molar-refractivity contribution in [3.05, 3.63) is 63.1 Å². The van der Waals surface area contributed by atoms with Crippen LogP contribution < -0.4 is 5.32 Å². The number of aryl methyl sites for hydroxylation is 2. The largest absolute Gasteiger partial charge is 0.335 e. The highest BCUT2D eigenvalue weighted by Crippen LogP contribution is 2.26. The van der Waals surface area contributed by atoms with E-state index in [-0.39, 0.29) is 24.9 Å². The van der Waals surface area contributed by atoms with Crippen molar-refractivity contribution in [2.45, 2.75) is 20.4 Å². The molecular weight excluding hydrogens is 397 g/mol. The number of benzene rings is 2. The molecule has 2 aromatic carbocycles. The summed E-state index contributed by atoms with van der Waals surface area (Å²) in [5.41, 5.74) is 3.61. The summed E-state index contributed by atoms with van der Waals surface area (Å²) in [6.07, 6.45) is 0. The zero-order valence-corrected chi connectivity index (χ0v) is 18.1. The van der Waals surface area contributed by atoms with Gasteiger partial charge in [0.25, 0.3) is 0 Å². The molecule has 0 heterocycles. The van der Waals surface area contributed by atoms with E-state index in [1.807, 2.05) is 56.1 Å². The maximum atomic E-state index is 12.5. The number of halogens is 2. The highest BCUT2D eigenvalue weighted by molar-refractivity contribution is 6.42. The fraction of sp³-hybridized carbons (Fsp3) is 0.333. The third kappa shape index (κ3) is 5.96. The molecule has 0 saturated carbocycles. The molecule has 2 rings (SSSR count). The van der Waals surface area contributed by atoms with E-state index in [9.17, 15) is 9.59 Å². The van der Waals surface area contributed by atoms with Gasteiger partial charge in [0.15, 0.2) is 0 Å². The lowest BCUT2D eigenvalue weighted by molar-refractivity contribution is -0.134. The smallest absolute Gasteiger partial charge is 0.243 e. The van der Waals surface area contributed by atoms with Gasteiger partial charge in [-0.3, -0.25) is 14.5 Å². The van der Waals surface area contributed by atoms with Crippen LogP contribution in [0.15, 0.2) is 36.4 Å². The molecule has 28 heavy (non-hydrogen) atoms. The van der Waals surface area contributed by atoms with Crippen LogP contribution in [0.2, 0.25) is 10.0 Å². The topological polar surface area (TPSA) is 52.7 Å². The molecule has 0 aliphatic carbocycles. The standard InChI is InChI=1S/C21H25Cl2N3O2/c1-14-7-5-8-15(2)21(14)24-18(27)12-26(4)19(28)13-25(3)11-16-9-6-10-17(22)20(16)23/h5-10H,11-13H2,1-4H3,(H,24,27). The molecule has 1 N–H and O–H groups in total. The quantitative estimate of drug-likeness (QED) is 0.730. The maximum Gasteiger partial charge on any atom is 0.243 e. The lowest BCUT2D eigenvalue weighted by Gasteiger charge is -2.22. The number of amides is 2. The Kier molecular flexibility index (Phi) is 7.87. The van der Waals surface area contributed by atoms with Crippen LogP contribution in [0, 0.1) is 13.8 Å². The molecule has 0 aromatic heterocycles. The number of para-hydroxylation sites is 1. The van der Waals surface area contributed by atoms with E-state index in [1.54, 1.807) is 13.1 Å². The number of hydrogen-bond acceptors (Lipinski definition) is 3. The predicted molar refractivity (Wildman–Crippen MR) is 115 cm³/mol. The minimum atomic E-state index is -0.228. The molecule has 0 unspecified atom stereocenters. The highest BCUT2D eigenvalue weighted by atomic mass is 35.5. The van der Waals surface area contributed by atoms with Gasteiger partial charge < -0.3 is 10.2 Å². The van der Waals surface area contributed by atoms with Crippen LogP contribution in [0.3, 0.4) is 0 Å². The predicted octanol–water partition coefficient (Wildman–Crippen LogP) is 4.14. The van der Waals surface area contributed by atoms with Gasteiger partial charge in [0.1, 0.15) is 0 Å². The van der Waals surface area contributed by atoms with Crippen LogP contribution in [0.1, 0.15) is 16.7 Å². The van der Waals surface area contributed by atoms with E-state index in [0.29, 0.717) is 16.6 Å². The van der Waals surface area contributed by atoms with E-state index in [1.165, 1.54) is 4.90 Å². The molecule has 150 valence electrons. The van der Waals surface area contributed by atoms with Gasteiger partial charge in [0.2, 0.25) is 11.8 Å². The first-order chi connectivity index (χ1) is 13.2. The van der Waals surface area contributed by atoms with Gasteiger partial charge in [0, 0.05) is 19.3 Å². The van der Waals surface area contributed by atoms with E-state index in [4.69, 9.17) is 23.2 Å². The van der Waals surface area contributed by atoms with Crippen LogP contribution in [0.25, 0.3) is 0 Å². The Balaban J connectivity index is 1.89. The normalized spacial score (nSPS) is 10.8. The Morgan fingerprint density at radius 1 is 0.964 bits per heavy atom. The summed E-state index contributed by atoms with van der Waals surface area (Å²) < 4.78 is 0. The number of hydrogen-bond donors (Lipinski definition) is 1. The third-order valence-electron chi connectivity index (χ3n) is 4.43. The summed E-state index contributed by atoms with van der Waals surface area (Å²) >= 11 is 12.2.